The van der Waals surface area contributed by atoms with Crippen LogP contribution in [0.3, 0.4) is 0 Å². The van der Waals surface area contributed by atoms with Crippen molar-refractivity contribution >= 4 is 34.2 Å². The normalized spacial score (nSPS) is 14.6. The zero-order chi connectivity index (χ0) is 25.8. The monoisotopic (exact) mass is 486 g/mol. The van der Waals surface area contributed by atoms with Crippen LogP contribution in [0.1, 0.15) is 39.6 Å². The topological polar surface area (TPSA) is 74.8 Å². The van der Waals surface area contributed by atoms with Crippen LogP contribution in [0.5, 0.6) is 0 Å². The zero-order valence-corrected chi connectivity index (χ0v) is 20.1. The van der Waals surface area contributed by atoms with Crippen LogP contribution in [0.4, 0.5) is 4.39 Å². The highest BCUT2D eigenvalue weighted by atomic mass is 19.1. The minimum Gasteiger partial charge on any atom is -0.335 e. The van der Waals surface area contributed by atoms with Gasteiger partial charge in [-0.05, 0) is 47.0 Å². The molecule has 3 aromatic rings. The number of piperazine rings is 1. The van der Waals surface area contributed by atoms with Crippen molar-refractivity contribution in [2.24, 2.45) is 5.92 Å². The number of rotatable bonds is 8. The summed E-state index contributed by atoms with van der Waals surface area (Å²) in [6.45, 7) is 6.44. The summed E-state index contributed by atoms with van der Waals surface area (Å²) in [5, 5.41) is 1.25. The third kappa shape index (κ3) is 5.10. The van der Waals surface area contributed by atoms with Gasteiger partial charge in [-0.3, -0.25) is 19.2 Å². The van der Waals surface area contributed by atoms with E-state index >= 15 is 0 Å². The predicted octanol–water partition coefficient (Wildman–Crippen LogP) is 4.43. The van der Waals surface area contributed by atoms with Crippen LogP contribution in [0.2, 0.25) is 0 Å². The fraction of sp³-hybridized carbons (Fsp3) is 0.241. The molecule has 1 fully saturated rings. The third-order valence-corrected chi connectivity index (χ3v) is 6.55. The number of hydrogen-bond acceptors (Lipinski definition) is 4. The van der Waals surface area contributed by atoms with Gasteiger partial charge in [-0.2, -0.15) is 0 Å². The molecule has 6 nitrogen and oxygen atoms in total. The van der Waals surface area contributed by atoms with Crippen LogP contribution >= 0.6 is 0 Å². The molecule has 3 aromatic carbocycles. The number of amides is 2. The van der Waals surface area contributed by atoms with E-state index in [1.165, 1.54) is 23.1 Å². The maximum absolute atomic E-state index is 13.3. The van der Waals surface area contributed by atoms with Crippen molar-refractivity contribution < 1.29 is 23.6 Å². The van der Waals surface area contributed by atoms with Gasteiger partial charge in [0.2, 0.25) is 17.5 Å². The lowest BCUT2D eigenvalue weighted by molar-refractivity contribution is -0.135. The number of carbonyl (C=O) groups excluding carboxylic acids is 4. The van der Waals surface area contributed by atoms with Gasteiger partial charge in [-0.25, -0.2) is 4.39 Å². The molecule has 4 rings (SSSR count). The first-order chi connectivity index (χ1) is 17.3. The molecule has 1 aliphatic heterocycles. The van der Waals surface area contributed by atoms with Crippen molar-refractivity contribution in [2.45, 2.75) is 19.9 Å². The summed E-state index contributed by atoms with van der Waals surface area (Å²) in [6, 6.07) is 16.1. The summed E-state index contributed by atoms with van der Waals surface area (Å²) in [5.41, 5.74) is 1.39. The van der Waals surface area contributed by atoms with E-state index in [1.54, 1.807) is 47.4 Å². The number of allylic oxidation sites excluding steroid dienone is 1. The largest absolute Gasteiger partial charge is 0.335 e. The molecule has 7 heteroatoms. The van der Waals surface area contributed by atoms with E-state index in [9.17, 15) is 23.6 Å². The number of halogens is 1. The zero-order valence-electron chi connectivity index (χ0n) is 20.1. The van der Waals surface area contributed by atoms with Crippen LogP contribution in [-0.4, -0.2) is 52.8 Å². The summed E-state index contributed by atoms with van der Waals surface area (Å²) in [4.78, 5) is 54.8. The molecule has 0 aromatic heterocycles. The summed E-state index contributed by atoms with van der Waals surface area (Å²) >= 11 is 0. The Balaban J connectivity index is 1.53. The molecular weight excluding hydrogens is 459 g/mol. The fourth-order valence-corrected chi connectivity index (χ4v) is 4.41. The molecule has 1 unspecified atom stereocenters. The van der Waals surface area contributed by atoms with Gasteiger partial charge in [-0.1, -0.05) is 49.4 Å². The molecule has 184 valence electrons. The van der Waals surface area contributed by atoms with Gasteiger partial charge >= 0.3 is 0 Å². The minimum absolute atomic E-state index is 0.0748. The molecule has 1 atom stereocenters. The number of fused-ring (bicyclic) bond motifs is 1. The van der Waals surface area contributed by atoms with E-state index < -0.39 is 17.5 Å². The van der Waals surface area contributed by atoms with Gasteiger partial charge in [0.05, 0.1) is 0 Å². The highest BCUT2D eigenvalue weighted by Gasteiger charge is 2.29. The molecule has 0 aliphatic carbocycles. The number of Topliss-reactive ketones (excluding diaryl/α,β-unsaturated/α-hetero) is 2. The first kappa shape index (κ1) is 25.0. The first-order valence-corrected chi connectivity index (χ1v) is 11.9. The number of ketones is 2. The molecule has 1 aliphatic rings. The first-order valence-electron chi connectivity index (χ1n) is 11.9. The van der Waals surface area contributed by atoms with Crippen molar-refractivity contribution in [1.29, 1.82) is 0 Å². The Morgan fingerprint density at radius 2 is 1.81 bits per heavy atom. The molecule has 0 bridgehead atoms. The summed E-state index contributed by atoms with van der Waals surface area (Å²) in [5.74, 6) is -2.55. The molecular formula is C29H27FN2O4. The Morgan fingerprint density at radius 3 is 2.47 bits per heavy atom. The molecule has 2 amide bonds. The van der Waals surface area contributed by atoms with E-state index in [1.807, 2.05) is 13.0 Å². The Hall–Kier alpha value is -4.13. The van der Waals surface area contributed by atoms with Crippen molar-refractivity contribution in [2.75, 3.05) is 19.6 Å². The number of hydrogen-bond donors (Lipinski definition) is 0. The number of nitrogens with zero attached hydrogens (tertiary/aromatic N) is 2. The molecule has 0 radical (unpaired) electrons. The SMILES string of the molecule is C=CC(CC)C(=O)C(=O)c1cccc2ccc(C(=O)N3CCN(Cc4ccc(F)cc4)C(=O)C3)cc12. The molecule has 36 heavy (non-hydrogen) atoms. The van der Waals surface area contributed by atoms with Gasteiger partial charge in [0.1, 0.15) is 12.4 Å². The standard InChI is InChI=1S/C29H27FN2O4/c1-3-20(4-2)27(34)28(35)24-7-5-6-21-10-11-22(16-25(21)24)29(36)32-15-14-31(26(33)18-32)17-19-8-12-23(30)13-9-19/h3,5-13,16,20H,1,4,14-15,17-18H2,2H3. The fourth-order valence-electron chi connectivity index (χ4n) is 4.41. The van der Waals surface area contributed by atoms with Crippen LogP contribution in [0.25, 0.3) is 10.8 Å². The second-order valence-corrected chi connectivity index (χ2v) is 8.85. The smallest absolute Gasteiger partial charge is 0.254 e. The van der Waals surface area contributed by atoms with E-state index in [0.717, 1.165) is 10.9 Å². The van der Waals surface area contributed by atoms with Crippen LogP contribution < -0.4 is 0 Å². The van der Waals surface area contributed by atoms with Gasteiger partial charge in [0.25, 0.3) is 5.91 Å². The average Bonchev–Trinajstić information content (AvgIpc) is 2.90. The van der Waals surface area contributed by atoms with Crippen molar-refractivity contribution in [1.82, 2.24) is 9.80 Å². The Labute approximate surface area is 209 Å². The number of carbonyl (C=O) groups is 4. The lowest BCUT2D eigenvalue weighted by Gasteiger charge is -2.34. The Bertz CT molecular complexity index is 1350. The Morgan fingerprint density at radius 1 is 1.06 bits per heavy atom. The molecule has 1 heterocycles. The predicted molar refractivity (Wildman–Crippen MR) is 135 cm³/mol. The summed E-state index contributed by atoms with van der Waals surface area (Å²) < 4.78 is 13.2. The Kier molecular flexibility index (Phi) is 7.38. The quantitative estimate of drug-likeness (QED) is 0.268. The minimum atomic E-state index is -0.610. The van der Waals surface area contributed by atoms with Gasteiger partial charge in [-0.15, -0.1) is 6.58 Å². The van der Waals surface area contributed by atoms with Gasteiger partial charge in [0.15, 0.2) is 0 Å². The number of benzene rings is 3. The van der Waals surface area contributed by atoms with E-state index in [4.69, 9.17) is 0 Å². The van der Waals surface area contributed by atoms with E-state index in [0.29, 0.717) is 37.0 Å². The second kappa shape index (κ2) is 10.6. The van der Waals surface area contributed by atoms with E-state index in [-0.39, 0.29) is 29.7 Å². The van der Waals surface area contributed by atoms with Gasteiger partial charge < -0.3 is 9.80 Å². The lowest BCUT2D eigenvalue weighted by atomic mass is 9.91. The van der Waals surface area contributed by atoms with Crippen molar-refractivity contribution in [3.63, 3.8) is 0 Å². The van der Waals surface area contributed by atoms with Crippen molar-refractivity contribution in [3.05, 3.63) is 95.8 Å². The highest BCUT2D eigenvalue weighted by molar-refractivity contribution is 6.46. The van der Waals surface area contributed by atoms with E-state index in [2.05, 4.69) is 6.58 Å². The third-order valence-electron chi connectivity index (χ3n) is 6.55. The lowest BCUT2D eigenvalue weighted by Crippen LogP contribution is -2.51. The maximum Gasteiger partial charge on any atom is 0.254 e. The van der Waals surface area contributed by atoms with Crippen LogP contribution in [-0.2, 0) is 16.1 Å². The second-order valence-electron chi connectivity index (χ2n) is 8.85. The summed E-state index contributed by atoms with van der Waals surface area (Å²) in [7, 11) is 0. The molecule has 0 saturated carbocycles. The van der Waals surface area contributed by atoms with Crippen LogP contribution in [0.15, 0.2) is 73.3 Å². The van der Waals surface area contributed by atoms with Gasteiger partial charge in [0, 0.05) is 36.7 Å². The molecule has 1 saturated heterocycles. The average molecular weight is 487 g/mol. The maximum atomic E-state index is 13.3. The molecule has 0 spiro atoms. The van der Waals surface area contributed by atoms with Crippen LogP contribution in [0, 0.1) is 11.7 Å². The molecule has 0 N–H and O–H groups in total. The summed E-state index contributed by atoms with van der Waals surface area (Å²) in [6.07, 6.45) is 1.96. The highest BCUT2D eigenvalue weighted by Crippen LogP contribution is 2.24. The van der Waals surface area contributed by atoms with Crippen molar-refractivity contribution in [3.8, 4) is 0 Å².